The van der Waals surface area contributed by atoms with Gasteiger partial charge in [-0.3, -0.25) is 0 Å². The van der Waals surface area contributed by atoms with Crippen LogP contribution >= 0.6 is 0 Å². The molecule has 0 saturated heterocycles. The summed E-state index contributed by atoms with van der Waals surface area (Å²) in [5.74, 6) is -2.61. The molecule has 1 fully saturated rings. The lowest BCUT2D eigenvalue weighted by atomic mass is 9.77. The minimum absolute atomic E-state index is 0.00958. The van der Waals surface area contributed by atoms with Gasteiger partial charge < -0.3 is 20.8 Å². The number of carboxylic acids is 1. The maximum Gasteiger partial charge on any atom is 0.391 e. The Morgan fingerprint density at radius 3 is 2.42 bits per heavy atom. The highest BCUT2D eigenvalue weighted by Crippen LogP contribution is 2.41. The molecular formula is C17H21F3N2O4. The second kappa shape index (κ2) is 7.94. The lowest BCUT2D eigenvalue weighted by molar-refractivity contribution is -0.199. The van der Waals surface area contributed by atoms with Crippen molar-refractivity contribution in [3.8, 4) is 0 Å². The summed E-state index contributed by atoms with van der Waals surface area (Å²) in [4.78, 5) is 22.6. The fraction of sp³-hybridized carbons (Fsp3) is 0.529. The molecule has 0 aromatic heterocycles. The van der Waals surface area contributed by atoms with Crippen molar-refractivity contribution in [2.45, 2.75) is 44.0 Å². The molecule has 2 unspecified atom stereocenters. The largest absolute Gasteiger partial charge is 0.478 e. The van der Waals surface area contributed by atoms with Gasteiger partial charge in [0.05, 0.1) is 17.1 Å². The van der Waals surface area contributed by atoms with Crippen molar-refractivity contribution in [2.24, 2.45) is 5.92 Å². The highest BCUT2D eigenvalue weighted by Gasteiger charge is 2.46. The van der Waals surface area contributed by atoms with Gasteiger partial charge in [0.1, 0.15) is 0 Å². The van der Waals surface area contributed by atoms with Crippen molar-refractivity contribution in [1.29, 1.82) is 0 Å². The molecule has 2 amide bonds. The summed E-state index contributed by atoms with van der Waals surface area (Å²) in [5, 5.41) is 24.0. The molecule has 4 N–H and O–H groups in total. The van der Waals surface area contributed by atoms with Crippen LogP contribution in [0.1, 0.15) is 41.6 Å². The monoisotopic (exact) mass is 374 g/mol. The van der Waals surface area contributed by atoms with Crippen molar-refractivity contribution in [2.75, 3.05) is 6.54 Å². The maximum atomic E-state index is 12.8. The minimum atomic E-state index is -4.35. The number of carbonyl (C=O) groups is 2. The summed E-state index contributed by atoms with van der Waals surface area (Å²) in [6.45, 7) is -0.140. The van der Waals surface area contributed by atoms with Crippen LogP contribution < -0.4 is 10.6 Å². The lowest BCUT2D eigenvalue weighted by Crippen LogP contribution is -2.50. The van der Waals surface area contributed by atoms with E-state index in [2.05, 4.69) is 10.6 Å². The summed E-state index contributed by atoms with van der Waals surface area (Å²) < 4.78 is 38.5. The Kier molecular flexibility index (Phi) is 6.12. The van der Waals surface area contributed by atoms with Gasteiger partial charge in [0.2, 0.25) is 0 Å². The number of amides is 2. The van der Waals surface area contributed by atoms with E-state index in [0.717, 1.165) is 0 Å². The number of aromatic carboxylic acids is 1. The van der Waals surface area contributed by atoms with Gasteiger partial charge in [-0.05, 0) is 43.4 Å². The first kappa shape index (κ1) is 20.0. The van der Waals surface area contributed by atoms with Crippen LogP contribution in [0.4, 0.5) is 18.0 Å². The number of aliphatic hydroxyl groups is 1. The van der Waals surface area contributed by atoms with Crippen LogP contribution in [0.5, 0.6) is 0 Å². The third kappa shape index (κ3) is 5.62. The number of carbonyl (C=O) groups excluding carboxylic acids is 1. The first-order valence-electron chi connectivity index (χ1n) is 8.22. The number of hydrogen-bond donors (Lipinski definition) is 4. The fourth-order valence-corrected chi connectivity index (χ4v) is 3.04. The molecule has 0 aliphatic heterocycles. The van der Waals surface area contributed by atoms with Crippen molar-refractivity contribution in [3.63, 3.8) is 0 Å². The molecule has 0 radical (unpaired) electrons. The predicted octanol–water partition coefficient (Wildman–Crippen LogP) is 2.67. The molecule has 6 nitrogen and oxygen atoms in total. The number of carboxylic acid groups (broad SMARTS) is 1. The van der Waals surface area contributed by atoms with Crippen molar-refractivity contribution in [1.82, 2.24) is 10.6 Å². The van der Waals surface area contributed by atoms with Crippen LogP contribution in [-0.2, 0) is 6.54 Å². The number of nitrogens with one attached hydrogen (secondary N) is 2. The molecule has 0 bridgehead atoms. The number of halogens is 3. The minimum Gasteiger partial charge on any atom is -0.478 e. The number of hydrogen-bond acceptors (Lipinski definition) is 3. The van der Waals surface area contributed by atoms with Crippen molar-refractivity contribution < 1.29 is 33.0 Å². The van der Waals surface area contributed by atoms with Crippen LogP contribution in [0, 0.1) is 5.92 Å². The Morgan fingerprint density at radius 2 is 1.85 bits per heavy atom. The zero-order chi connectivity index (χ0) is 19.4. The van der Waals surface area contributed by atoms with E-state index >= 15 is 0 Å². The highest BCUT2D eigenvalue weighted by atomic mass is 19.4. The van der Waals surface area contributed by atoms with Gasteiger partial charge in [-0.1, -0.05) is 12.1 Å². The third-order valence-corrected chi connectivity index (χ3v) is 4.52. The van der Waals surface area contributed by atoms with Gasteiger partial charge in [-0.25, -0.2) is 9.59 Å². The summed E-state index contributed by atoms with van der Waals surface area (Å²) in [7, 11) is 0. The molecule has 1 saturated carbocycles. The molecule has 1 aromatic carbocycles. The fourth-order valence-electron chi connectivity index (χ4n) is 3.04. The van der Waals surface area contributed by atoms with Gasteiger partial charge in [-0.2, -0.15) is 13.2 Å². The Balaban J connectivity index is 1.79. The van der Waals surface area contributed by atoms with Gasteiger partial charge in [0.15, 0.2) is 0 Å². The normalized spacial score (nSPS) is 23.3. The summed E-state index contributed by atoms with van der Waals surface area (Å²) in [6.07, 6.45) is -4.33. The van der Waals surface area contributed by atoms with Gasteiger partial charge in [-0.15, -0.1) is 0 Å². The average Bonchev–Trinajstić information content (AvgIpc) is 2.58. The Labute approximate surface area is 148 Å². The lowest BCUT2D eigenvalue weighted by Gasteiger charge is -2.37. The molecule has 144 valence electrons. The van der Waals surface area contributed by atoms with E-state index in [1.54, 1.807) is 12.1 Å². The zero-order valence-corrected chi connectivity index (χ0v) is 14.0. The Bertz CT molecular complexity index is 648. The third-order valence-electron chi connectivity index (χ3n) is 4.52. The predicted molar refractivity (Wildman–Crippen MR) is 86.6 cm³/mol. The molecule has 1 aliphatic rings. The smallest absolute Gasteiger partial charge is 0.391 e. The van der Waals surface area contributed by atoms with Gasteiger partial charge in [0, 0.05) is 13.1 Å². The topological polar surface area (TPSA) is 98.7 Å². The van der Waals surface area contributed by atoms with Crippen LogP contribution in [0.15, 0.2) is 24.3 Å². The zero-order valence-electron chi connectivity index (χ0n) is 14.0. The average molecular weight is 374 g/mol. The van der Waals surface area contributed by atoms with E-state index in [-0.39, 0.29) is 37.9 Å². The van der Waals surface area contributed by atoms with E-state index in [9.17, 15) is 27.9 Å². The Hall–Kier alpha value is -2.29. The maximum absolute atomic E-state index is 12.8. The summed E-state index contributed by atoms with van der Waals surface area (Å²) >= 11 is 0. The van der Waals surface area contributed by atoms with E-state index in [1.165, 1.54) is 12.1 Å². The van der Waals surface area contributed by atoms with Gasteiger partial charge >= 0.3 is 18.2 Å². The molecule has 0 spiro atoms. The number of urea groups is 1. The number of benzene rings is 1. The quantitative estimate of drug-likeness (QED) is 0.637. The first-order chi connectivity index (χ1) is 12.1. The molecule has 26 heavy (non-hydrogen) atoms. The van der Waals surface area contributed by atoms with Crippen molar-refractivity contribution in [3.05, 3.63) is 35.4 Å². The van der Waals surface area contributed by atoms with E-state index < -0.39 is 36.1 Å². The molecule has 2 atom stereocenters. The van der Waals surface area contributed by atoms with Crippen LogP contribution in [0.2, 0.25) is 0 Å². The molecule has 9 heteroatoms. The molecule has 2 rings (SSSR count). The highest BCUT2D eigenvalue weighted by molar-refractivity contribution is 5.87. The molecule has 1 aliphatic carbocycles. The second-order valence-electron chi connectivity index (χ2n) is 6.60. The van der Waals surface area contributed by atoms with E-state index in [4.69, 9.17) is 5.11 Å². The molecule has 0 heterocycles. The Morgan fingerprint density at radius 1 is 1.19 bits per heavy atom. The van der Waals surface area contributed by atoms with E-state index in [0.29, 0.717) is 5.56 Å². The number of alkyl halides is 3. The molecular weight excluding hydrogens is 353 g/mol. The van der Waals surface area contributed by atoms with Crippen LogP contribution in [-0.4, -0.2) is 40.5 Å². The SMILES string of the molecule is O=C(NCc1ccc(C(=O)O)cc1)NCC1(O)CCCC(C(F)(F)F)C1. The second-order valence-corrected chi connectivity index (χ2v) is 6.60. The van der Waals surface area contributed by atoms with Gasteiger partial charge in [0.25, 0.3) is 0 Å². The van der Waals surface area contributed by atoms with E-state index in [1.807, 2.05) is 0 Å². The summed E-state index contributed by atoms with van der Waals surface area (Å²) in [5.41, 5.74) is -0.783. The van der Waals surface area contributed by atoms with Crippen molar-refractivity contribution >= 4 is 12.0 Å². The van der Waals surface area contributed by atoms with Crippen LogP contribution in [0.25, 0.3) is 0 Å². The van der Waals surface area contributed by atoms with Crippen LogP contribution in [0.3, 0.4) is 0 Å². The summed E-state index contributed by atoms with van der Waals surface area (Å²) in [6, 6.07) is 5.28. The first-order valence-corrected chi connectivity index (χ1v) is 8.22. The standard InChI is InChI=1S/C17H21F3N2O4/c18-17(19,20)13-2-1-7-16(26,8-13)10-22-15(25)21-9-11-3-5-12(6-4-11)14(23)24/h3-6,13,26H,1-2,7-10H2,(H,23,24)(H2,21,22,25). The molecule has 1 aromatic rings. The number of rotatable bonds is 5.